The Morgan fingerprint density at radius 2 is 2.12 bits per heavy atom. The zero-order valence-electron chi connectivity index (χ0n) is 13.5. The number of benzene rings is 2. The van der Waals surface area contributed by atoms with Crippen LogP contribution in [0.25, 0.3) is 0 Å². The van der Waals surface area contributed by atoms with Gasteiger partial charge in [0.25, 0.3) is 6.02 Å². The van der Waals surface area contributed by atoms with Gasteiger partial charge in [-0.05, 0) is 30.3 Å². The Bertz CT molecular complexity index is 765. The number of nitrogens with zero attached hydrogens (tertiary/aromatic N) is 1. The molecule has 0 aromatic heterocycles. The number of ether oxygens (including phenoxy) is 2. The molecule has 25 heavy (non-hydrogen) atoms. The molecule has 1 heterocycles. The molecule has 2 aromatic carbocycles. The number of alkyl halides is 1. The molecule has 0 atom stereocenters. The van der Waals surface area contributed by atoms with Crippen molar-refractivity contribution in [1.82, 2.24) is 0 Å². The van der Waals surface area contributed by atoms with E-state index in [0.29, 0.717) is 31.5 Å². The van der Waals surface area contributed by atoms with Gasteiger partial charge in [-0.15, -0.1) is 11.6 Å². The second kappa shape index (κ2) is 8.39. The van der Waals surface area contributed by atoms with Crippen molar-refractivity contribution in [2.45, 2.75) is 6.61 Å². The molecule has 3 rings (SSSR count). The van der Waals surface area contributed by atoms with Crippen LogP contribution in [0.2, 0.25) is 0 Å². The molecule has 7 heteroatoms. The number of carbonyl (C=O) groups is 1. The molecule has 0 bridgehead atoms. The molecule has 1 amide bonds. The van der Waals surface area contributed by atoms with E-state index in [1.54, 1.807) is 6.07 Å². The Balaban J connectivity index is 1.53. The van der Waals surface area contributed by atoms with E-state index in [1.807, 2.05) is 42.5 Å². The molecular formula is C18H18ClN3O3. The summed E-state index contributed by atoms with van der Waals surface area (Å²) in [5.41, 5.74) is 2.52. The SMILES string of the molecule is O=C(CCl)Nc1ccc2c(c1)COC(=NCCOc1ccccc1)N2. The molecule has 0 radical (unpaired) electrons. The summed E-state index contributed by atoms with van der Waals surface area (Å²) < 4.78 is 11.2. The molecule has 6 nitrogen and oxygen atoms in total. The number of fused-ring (bicyclic) bond motifs is 1. The lowest BCUT2D eigenvalue weighted by atomic mass is 10.1. The Morgan fingerprint density at radius 1 is 1.28 bits per heavy atom. The van der Waals surface area contributed by atoms with Gasteiger partial charge in [-0.1, -0.05) is 18.2 Å². The predicted octanol–water partition coefficient (Wildman–Crippen LogP) is 3.24. The lowest BCUT2D eigenvalue weighted by Gasteiger charge is -2.21. The highest BCUT2D eigenvalue weighted by atomic mass is 35.5. The van der Waals surface area contributed by atoms with Crippen LogP contribution >= 0.6 is 11.6 Å². The fraction of sp³-hybridized carbons (Fsp3) is 0.222. The maximum Gasteiger partial charge on any atom is 0.289 e. The van der Waals surface area contributed by atoms with E-state index >= 15 is 0 Å². The largest absolute Gasteiger partial charge is 0.492 e. The first-order valence-electron chi connectivity index (χ1n) is 7.85. The Kier molecular flexibility index (Phi) is 5.74. The van der Waals surface area contributed by atoms with Crippen molar-refractivity contribution >= 4 is 34.9 Å². The first-order valence-corrected chi connectivity index (χ1v) is 8.39. The molecule has 2 aromatic rings. The highest BCUT2D eigenvalue weighted by Crippen LogP contribution is 2.25. The number of hydrogen-bond donors (Lipinski definition) is 2. The van der Waals surface area contributed by atoms with E-state index in [4.69, 9.17) is 21.1 Å². The maximum absolute atomic E-state index is 11.3. The van der Waals surface area contributed by atoms with Gasteiger partial charge in [0.15, 0.2) is 0 Å². The normalized spacial score (nSPS) is 14.2. The molecule has 130 valence electrons. The number of halogens is 1. The zero-order chi connectivity index (χ0) is 17.5. The fourth-order valence-electron chi connectivity index (χ4n) is 2.32. The molecule has 1 aliphatic rings. The summed E-state index contributed by atoms with van der Waals surface area (Å²) in [4.78, 5) is 15.7. The van der Waals surface area contributed by atoms with Crippen molar-refractivity contribution in [3.63, 3.8) is 0 Å². The van der Waals surface area contributed by atoms with Crippen LogP contribution in [0.1, 0.15) is 5.56 Å². The summed E-state index contributed by atoms with van der Waals surface area (Å²) in [5, 5.41) is 5.83. The van der Waals surface area contributed by atoms with Crippen LogP contribution < -0.4 is 15.4 Å². The van der Waals surface area contributed by atoms with E-state index in [0.717, 1.165) is 17.0 Å². The average molecular weight is 360 g/mol. The van der Waals surface area contributed by atoms with Gasteiger partial charge in [-0.25, -0.2) is 4.99 Å². The average Bonchev–Trinajstić information content (AvgIpc) is 2.66. The molecule has 1 aliphatic heterocycles. The Morgan fingerprint density at radius 3 is 2.92 bits per heavy atom. The molecule has 0 fully saturated rings. The summed E-state index contributed by atoms with van der Waals surface area (Å²) in [6.07, 6.45) is 0. The van der Waals surface area contributed by atoms with Crippen molar-refractivity contribution in [2.75, 3.05) is 29.7 Å². The zero-order valence-corrected chi connectivity index (χ0v) is 14.3. The first-order chi connectivity index (χ1) is 12.2. The van der Waals surface area contributed by atoms with Gasteiger partial charge in [0, 0.05) is 16.9 Å². The predicted molar refractivity (Wildman–Crippen MR) is 98.4 cm³/mol. The third-order valence-electron chi connectivity index (χ3n) is 3.47. The third-order valence-corrected chi connectivity index (χ3v) is 3.72. The van der Waals surface area contributed by atoms with Gasteiger partial charge in [0.05, 0.1) is 6.54 Å². The number of amides is 1. The molecule has 0 spiro atoms. The summed E-state index contributed by atoms with van der Waals surface area (Å²) in [6, 6.07) is 15.6. The number of rotatable bonds is 6. The molecule has 0 saturated carbocycles. The second-order valence-electron chi connectivity index (χ2n) is 5.32. The number of amidine groups is 1. The number of nitrogens with one attached hydrogen (secondary N) is 2. The molecule has 0 aliphatic carbocycles. The number of anilines is 2. The molecule has 2 N–H and O–H groups in total. The quantitative estimate of drug-likeness (QED) is 0.613. The second-order valence-corrected chi connectivity index (χ2v) is 5.58. The third kappa shape index (κ3) is 4.87. The number of hydrogen-bond acceptors (Lipinski definition) is 4. The highest BCUT2D eigenvalue weighted by Gasteiger charge is 2.15. The topological polar surface area (TPSA) is 72.0 Å². The summed E-state index contributed by atoms with van der Waals surface area (Å²) >= 11 is 5.49. The van der Waals surface area contributed by atoms with Crippen LogP contribution in [0.3, 0.4) is 0 Å². The first kappa shape index (κ1) is 17.1. The molecule has 0 unspecified atom stereocenters. The van der Waals surface area contributed by atoms with Crippen LogP contribution in [-0.2, 0) is 16.1 Å². The van der Waals surface area contributed by atoms with Crippen LogP contribution in [0.15, 0.2) is 53.5 Å². The number of aliphatic imine (C=N–C) groups is 1. The van der Waals surface area contributed by atoms with E-state index in [9.17, 15) is 4.79 Å². The van der Waals surface area contributed by atoms with Crippen molar-refractivity contribution < 1.29 is 14.3 Å². The van der Waals surface area contributed by atoms with Gasteiger partial charge >= 0.3 is 0 Å². The summed E-state index contributed by atoms with van der Waals surface area (Å²) in [5.74, 6) is 0.498. The standard InChI is InChI=1S/C18H18ClN3O3/c19-11-17(23)21-14-6-7-16-13(10-14)12-25-18(22-16)20-8-9-24-15-4-2-1-3-5-15/h1-7,10H,8-9,11-12H2,(H,20,22)(H,21,23). The van der Waals surface area contributed by atoms with Crippen molar-refractivity contribution in [2.24, 2.45) is 4.99 Å². The fourth-order valence-corrected chi connectivity index (χ4v) is 2.38. The minimum atomic E-state index is -0.244. The van der Waals surface area contributed by atoms with Gasteiger partial charge in [-0.2, -0.15) is 0 Å². The smallest absolute Gasteiger partial charge is 0.289 e. The van der Waals surface area contributed by atoms with Crippen LogP contribution in [0, 0.1) is 0 Å². The Hall–Kier alpha value is -2.73. The van der Waals surface area contributed by atoms with Crippen LogP contribution in [0.5, 0.6) is 5.75 Å². The van der Waals surface area contributed by atoms with Gasteiger partial charge < -0.3 is 20.1 Å². The van der Waals surface area contributed by atoms with Crippen LogP contribution in [0.4, 0.5) is 11.4 Å². The van der Waals surface area contributed by atoms with Crippen LogP contribution in [-0.4, -0.2) is 31.0 Å². The van der Waals surface area contributed by atoms with Gasteiger partial charge in [-0.3, -0.25) is 4.79 Å². The number of para-hydroxylation sites is 1. The van der Waals surface area contributed by atoms with E-state index in [-0.39, 0.29) is 11.8 Å². The van der Waals surface area contributed by atoms with E-state index in [2.05, 4.69) is 15.6 Å². The summed E-state index contributed by atoms with van der Waals surface area (Å²) in [7, 11) is 0. The summed E-state index contributed by atoms with van der Waals surface area (Å²) in [6.45, 7) is 1.33. The van der Waals surface area contributed by atoms with E-state index in [1.165, 1.54) is 0 Å². The van der Waals surface area contributed by atoms with Crippen molar-refractivity contribution in [3.05, 3.63) is 54.1 Å². The Labute approximate surface area is 150 Å². The number of carbonyl (C=O) groups excluding carboxylic acids is 1. The lowest BCUT2D eigenvalue weighted by molar-refractivity contribution is -0.113. The van der Waals surface area contributed by atoms with Gasteiger partial charge in [0.1, 0.15) is 24.8 Å². The minimum absolute atomic E-state index is 0.0757. The lowest BCUT2D eigenvalue weighted by Crippen LogP contribution is -2.23. The molecule has 0 saturated heterocycles. The minimum Gasteiger partial charge on any atom is -0.492 e. The monoisotopic (exact) mass is 359 g/mol. The maximum atomic E-state index is 11.3. The van der Waals surface area contributed by atoms with Crippen molar-refractivity contribution in [3.8, 4) is 5.75 Å². The highest BCUT2D eigenvalue weighted by molar-refractivity contribution is 6.29. The van der Waals surface area contributed by atoms with E-state index < -0.39 is 0 Å². The van der Waals surface area contributed by atoms with Gasteiger partial charge in [0.2, 0.25) is 5.91 Å². The molecular weight excluding hydrogens is 342 g/mol. The van der Waals surface area contributed by atoms with Crippen molar-refractivity contribution in [1.29, 1.82) is 0 Å².